The number of alkyl halides is 3. The lowest BCUT2D eigenvalue weighted by atomic mass is 10.0. The van der Waals surface area contributed by atoms with E-state index in [-0.39, 0.29) is 23.4 Å². The number of halogens is 4. The molecule has 234 valence electrons. The third-order valence-corrected chi connectivity index (χ3v) is 7.34. The summed E-state index contributed by atoms with van der Waals surface area (Å²) in [5, 5.41) is 13.8. The summed E-state index contributed by atoms with van der Waals surface area (Å²) in [5.74, 6) is 0.831. The molecule has 1 saturated heterocycles. The van der Waals surface area contributed by atoms with Crippen molar-refractivity contribution < 1.29 is 32.1 Å². The standard InChI is InChI=1S/C28H26ClN7O3.C2HF3O/c1-16-11-24(35-39-16)27(38)36-10-9-19(15-36)26(37)33-23-8-7-21-13-18(23)6-5-17-3-2-4-20(12-17)32-28-30-14-22(29)25(31-21)34-28;3-2(4,5)1-6/h2-4,7-8,11-14,19H,5-6,9-10,15H2,1H3,(H,33,37)(H2,30,31,32,34);1H. The zero-order valence-corrected chi connectivity index (χ0v) is 24.6. The second kappa shape index (κ2) is 13.3. The molecule has 0 spiro atoms. The highest BCUT2D eigenvalue weighted by Crippen LogP contribution is 2.30. The molecule has 6 bridgehead atoms. The van der Waals surface area contributed by atoms with Crippen molar-refractivity contribution in [2.45, 2.75) is 32.4 Å². The van der Waals surface area contributed by atoms with Crippen molar-refractivity contribution in [3.05, 3.63) is 82.3 Å². The smallest absolute Gasteiger partial charge is 0.361 e. The second-order valence-corrected chi connectivity index (χ2v) is 10.8. The summed E-state index contributed by atoms with van der Waals surface area (Å²) in [4.78, 5) is 45.2. The SMILES string of the molecule is Cc1cc(C(=O)N2CCC(C(=O)Nc3ccc4cc3CCc3cccc(c3)Nc3ncc(Cl)c(n3)N4)C2)no1.O=CC(F)(F)F. The van der Waals surface area contributed by atoms with Crippen LogP contribution < -0.4 is 16.0 Å². The molecule has 1 atom stereocenters. The fourth-order valence-electron chi connectivity index (χ4n) is 4.89. The number of anilines is 5. The average Bonchev–Trinajstić information content (AvgIpc) is 3.68. The normalized spacial score (nSPS) is 15.6. The molecule has 45 heavy (non-hydrogen) atoms. The predicted octanol–water partition coefficient (Wildman–Crippen LogP) is 5.86. The predicted molar refractivity (Wildman–Crippen MR) is 160 cm³/mol. The number of carbonyl (C=O) groups excluding carboxylic acids is 3. The fraction of sp³-hybridized carbons (Fsp3) is 0.267. The number of rotatable bonds is 3. The summed E-state index contributed by atoms with van der Waals surface area (Å²) in [6.45, 7) is 2.56. The third-order valence-electron chi connectivity index (χ3n) is 7.06. The van der Waals surface area contributed by atoms with E-state index in [1.165, 1.54) is 0 Å². The fourth-order valence-corrected chi connectivity index (χ4v) is 5.03. The van der Waals surface area contributed by atoms with Crippen LogP contribution in [0.15, 0.2) is 59.3 Å². The Kier molecular flexibility index (Phi) is 9.32. The number of carbonyl (C=O) groups is 3. The van der Waals surface area contributed by atoms with Crippen LogP contribution in [0.1, 0.15) is 33.8 Å². The van der Waals surface area contributed by atoms with Gasteiger partial charge in [0.1, 0.15) is 10.8 Å². The molecule has 4 heterocycles. The lowest BCUT2D eigenvalue weighted by molar-refractivity contribution is -0.156. The maximum atomic E-state index is 13.3. The molecular formula is C30H27ClF3N7O4. The number of benzene rings is 2. The van der Waals surface area contributed by atoms with Gasteiger partial charge in [0.05, 0.1) is 12.1 Å². The van der Waals surface area contributed by atoms with E-state index in [9.17, 15) is 22.8 Å². The minimum absolute atomic E-state index is 0.115. The van der Waals surface area contributed by atoms with Crippen LogP contribution in [0.2, 0.25) is 5.02 Å². The number of aryl methyl sites for hydroxylation is 3. The summed E-state index contributed by atoms with van der Waals surface area (Å²) in [6.07, 6.45) is -2.10. The molecule has 0 saturated carbocycles. The number of nitrogens with one attached hydrogen (secondary N) is 3. The molecule has 2 aliphatic rings. The second-order valence-electron chi connectivity index (χ2n) is 10.4. The number of nitrogens with zero attached hydrogens (tertiary/aromatic N) is 4. The van der Waals surface area contributed by atoms with Gasteiger partial charge in [-0.2, -0.15) is 18.2 Å². The minimum atomic E-state index is -4.64. The summed E-state index contributed by atoms with van der Waals surface area (Å²) < 4.78 is 36.3. The molecule has 0 aliphatic carbocycles. The lowest BCUT2D eigenvalue weighted by Gasteiger charge is -2.17. The number of hydrogen-bond donors (Lipinski definition) is 3. The maximum Gasteiger partial charge on any atom is 0.446 e. The van der Waals surface area contributed by atoms with Gasteiger partial charge in [-0.25, -0.2) is 4.98 Å². The number of fused-ring (bicyclic) bond motifs is 6. The van der Waals surface area contributed by atoms with E-state index in [0.29, 0.717) is 48.5 Å². The van der Waals surface area contributed by atoms with Crippen LogP contribution >= 0.6 is 11.6 Å². The van der Waals surface area contributed by atoms with Crippen molar-refractivity contribution in [1.82, 2.24) is 20.0 Å². The molecule has 0 radical (unpaired) electrons. The number of hydrogen-bond acceptors (Lipinski definition) is 9. The van der Waals surface area contributed by atoms with Crippen molar-refractivity contribution >= 4 is 58.5 Å². The minimum Gasteiger partial charge on any atom is -0.361 e. The maximum absolute atomic E-state index is 13.3. The zero-order valence-electron chi connectivity index (χ0n) is 23.8. The molecule has 4 aromatic rings. The van der Waals surface area contributed by atoms with Crippen LogP contribution in [-0.2, 0) is 22.4 Å². The summed E-state index contributed by atoms with van der Waals surface area (Å²) in [5.41, 5.74) is 4.78. The first kappa shape index (κ1) is 31.4. The molecule has 15 heteroatoms. The van der Waals surface area contributed by atoms with E-state index < -0.39 is 12.5 Å². The van der Waals surface area contributed by atoms with Crippen LogP contribution in [0, 0.1) is 12.8 Å². The Morgan fingerprint density at radius 2 is 1.89 bits per heavy atom. The Balaban J connectivity index is 0.000000609. The van der Waals surface area contributed by atoms with E-state index in [1.807, 2.05) is 30.3 Å². The molecule has 2 aromatic carbocycles. The van der Waals surface area contributed by atoms with Crippen molar-refractivity contribution in [2.24, 2.45) is 5.92 Å². The van der Waals surface area contributed by atoms with Gasteiger partial charge in [-0.05, 0) is 67.6 Å². The molecule has 2 amide bonds. The summed E-state index contributed by atoms with van der Waals surface area (Å²) >= 11 is 6.37. The van der Waals surface area contributed by atoms with E-state index in [4.69, 9.17) is 20.9 Å². The summed E-state index contributed by atoms with van der Waals surface area (Å²) in [7, 11) is 0. The zero-order chi connectivity index (χ0) is 32.1. The van der Waals surface area contributed by atoms with Gasteiger partial charge in [-0.3, -0.25) is 14.4 Å². The Hall–Kier alpha value is -4.98. The van der Waals surface area contributed by atoms with Crippen molar-refractivity contribution in [2.75, 3.05) is 29.0 Å². The quantitative estimate of drug-likeness (QED) is 0.234. The monoisotopic (exact) mass is 641 g/mol. The van der Waals surface area contributed by atoms with E-state index in [0.717, 1.165) is 34.6 Å². The highest BCUT2D eigenvalue weighted by molar-refractivity contribution is 6.32. The average molecular weight is 642 g/mol. The molecule has 1 unspecified atom stereocenters. The summed E-state index contributed by atoms with van der Waals surface area (Å²) in [6, 6.07) is 15.4. The highest BCUT2D eigenvalue weighted by atomic mass is 35.5. The third kappa shape index (κ3) is 8.15. The molecule has 6 rings (SSSR count). The van der Waals surface area contributed by atoms with Gasteiger partial charge in [0.2, 0.25) is 18.1 Å². The highest BCUT2D eigenvalue weighted by Gasteiger charge is 2.33. The molecule has 2 aromatic heterocycles. The Labute approximate surface area is 260 Å². The van der Waals surface area contributed by atoms with Gasteiger partial charge in [0.15, 0.2) is 11.5 Å². The molecule has 1 fully saturated rings. The van der Waals surface area contributed by atoms with Crippen molar-refractivity contribution in [3.8, 4) is 0 Å². The molecule has 11 nitrogen and oxygen atoms in total. The van der Waals surface area contributed by atoms with Gasteiger partial charge < -0.3 is 25.4 Å². The van der Waals surface area contributed by atoms with E-state index in [1.54, 1.807) is 24.1 Å². The topological polar surface area (TPSA) is 142 Å². The first-order valence-corrected chi connectivity index (χ1v) is 14.2. The van der Waals surface area contributed by atoms with E-state index in [2.05, 4.69) is 43.2 Å². The van der Waals surface area contributed by atoms with Crippen LogP contribution in [0.4, 0.5) is 42.0 Å². The number of likely N-dealkylation sites (tertiary alicyclic amines) is 1. The lowest BCUT2D eigenvalue weighted by Crippen LogP contribution is -2.31. The van der Waals surface area contributed by atoms with Gasteiger partial charge in [-0.1, -0.05) is 28.9 Å². The molecular weight excluding hydrogens is 615 g/mol. The molecule has 2 aliphatic heterocycles. The Morgan fingerprint density at radius 1 is 1.11 bits per heavy atom. The molecule has 3 N–H and O–H groups in total. The Bertz CT molecular complexity index is 1730. The number of aldehydes is 1. The van der Waals surface area contributed by atoms with Gasteiger partial charge in [0.25, 0.3) is 5.91 Å². The van der Waals surface area contributed by atoms with Crippen LogP contribution in [0.5, 0.6) is 0 Å². The first-order chi connectivity index (χ1) is 21.5. The number of amides is 2. The van der Waals surface area contributed by atoms with Gasteiger partial charge >= 0.3 is 6.18 Å². The van der Waals surface area contributed by atoms with Crippen molar-refractivity contribution in [3.63, 3.8) is 0 Å². The number of aromatic nitrogens is 3. The Morgan fingerprint density at radius 3 is 2.62 bits per heavy atom. The van der Waals surface area contributed by atoms with E-state index >= 15 is 0 Å². The van der Waals surface area contributed by atoms with Crippen LogP contribution in [0.3, 0.4) is 0 Å². The van der Waals surface area contributed by atoms with Crippen molar-refractivity contribution in [1.29, 1.82) is 0 Å². The van der Waals surface area contributed by atoms with Gasteiger partial charge in [0, 0.05) is 36.2 Å². The van der Waals surface area contributed by atoms with Crippen LogP contribution in [-0.4, -0.2) is 57.4 Å². The first-order valence-electron chi connectivity index (χ1n) is 13.8. The van der Waals surface area contributed by atoms with Gasteiger partial charge in [-0.15, -0.1) is 0 Å². The van der Waals surface area contributed by atoms with Crippen LogP contribution in [0.25, 0.3) is 0 Å². The largest absolute Gasteiger partial charge is 0.446 e.